The zero-order valence-corrected chi connectivity index (χ0v) is 10.3. The summed E-state index contributed by atoms with van der Waals surface area (Å²) in [5, 5.41) is 14.1. The van der Waals surface area contributed by atoms with Gasteiger partial charge in [0.25, 0.3) is 0 Å². The van der Waals surface area contributed by atoms with Crippen molar-refractivity contribution in [1.29, 1.82) is 0 Å². The van der Waals surface area contributed by atoms with Gasteiger partial charge in [-0.3, -0.25) is 0 Å². The summed E-state index contributed by atoms with van der Waals surface area (Å²) in [4.78, 5) is 1.30. The number of nitrogens with zero attached hydrogens (tertiary/aromatic N) is 3. The Bertz CT molecular complexity index is 779. The number of benzene rings is 2. The van der Waals surface area contributed by atoms with Gasteiger partial charge in [0.15, 0.2) is 0 Å². The SMILES string of the molecule is C1=c2c(c(-c3ccccc3)cc3c2=NN=N3)SC1. The Morgan fingerprint density at radius 1 is 1.11 bits per heavy atom. The van der Waals surface area contributed by atoms with Gasteiger partial charge in [-0.15, -0.1) is 22.0 Å². The molecule has 0 amide bonds. The van der Waals surface area contributed by atoms with Crippen LogP contribution in [0.3, 0.4) is 0 Å². The van der Waals surface area contributed by atoms with Crippen molar-refractivity contribution < 1.29 is 0 Å². The Morgan fingerprint density at radius 3 is 2.89 bits per heavy atom. The molecule has 0 saturated heterocycles. The Hall–Kier alpha value is -1.94. The molecular formula is C14H9N3S. The maximum atomic E-state index is 4.12. The van der Waals surface area contributed by atoms with Crippen LogP contribution >= 0.6 is 11.8 Å². The third kappa shape index (κ3) is 1.36. The Morgan fingerprint density at radius 2 is 2.00 bits per heavy atom. The average Bonchev–Trinajstić information content (AvgIpc) is 3.06. The average molecular weight is 251 g/mol. The van der Waals surface area contributed by atoms with Gasteiger partial charge in [0.2, 0.25) is 0 Å². The van der Waals surface area contributed by atoms with E-state index >= 15 is 0 Å². The van der Waals surface area contributed by atoms with Gasteiger partial charge in [0.05, 0.1) is 0 Å². The molecule has 0 spiro atoms. The fraction of sp³-hybridized carbons (Fsp3) is 0.0714. The van der Waals surface area contributed by atoms with E-state index in [4.69, 9.17) is 0 Å². The van der Waals surface area contributed by atoms with E-state index in [0.717, 1.165) is 16.8 Å². The number of thioether (sulfide) groups is 1. The van der Waals surface area contributed by atoms with Crippen LogP contribution in [0.4, 0.5) is 5.69 Å². The predicted molar refractivity (Wildman–Crippen MR) is 72.4 cm³/mol. The lowest BCUT2D eigenvalue weighted by atomic mass is 10.0. The van der Waals surface area contributed by atoms with Crippen LogP contribution in [-0.2, 0) is 0 Å². The molecule has 2 heterocycles. The van der Waals surface area contributed by atoms with Crippen LogP contribution in [0.15, 0.2) is 56.7 Å². The van der Waals surface area contributed by atoms with Crippen LogP contribution in [0.2, 0.25) is 0 Å². The lowest BCUT2D eigenvalue weighted by Gasteiger charge is -2.07. The summed E-state index contributed by atoms with van der Waals surface area (Å²) in [6.45, 7) is 0. The van der Waals surface area contributed by atoms with Crippen molar-refractivity contribution in [2.24, 2.45) is 15.4 Å². The highest BCUT2D eigenvalue weighted by molar-refractivity contribution is 8.00. The first-order valence-corrected chi connectivity index (χ1v) is 6.76. The molecule has 0 saturated carbocycles. The van der Waals surface area contributed by atoms with Crippen LogP contribution in [0.25, 0.3) is 17.2 Å². The largest absolute Gasteiger partial charge is 0.128 e. The highest BCUT2D eigenvalue weighted by Crippen LogP contribution is 2.33. The van der Waals surface area contributed by atoms with Gasteiger partial charge in [-0.25, -0.2) is 0 Å². The van der Waals surface area contributed by atoms with Gasteiger partial charge in [-0.2, -0.15) is 0 Å². The molecule has 2 aliphatic rings. The monoisotopic (exact) mass is 251 g/mol. The Labute approximate surface area is 108 Å². The minimum Gasteiger partial charge on any atom is -0.128 e. The zero-order valence-electron chi connectivity index (χ0n) is 9.50. The summed E-state index contributed by atoms with van der Waals surface area (Å²) in [7, 11) is 0. The van der Waals surface area contributed by atoms with E-state index in [1.165, 1.54) is 21.2 Å². The van der Waals surface area contributed by atoms with E-state index in [1.807, 2.05) is 17.8 Å². The molecule has 0 N–H and O–H groups in total. The third-order valence-electron chi connectivity index (χ3n) is 3.17. The van der Waals surface area contributed by atoms with Crippen molar-refractivity contribution in [3.63, 3.8) is 0 Å². The minimum atomic E-state index is 0.881. The summed E-state index contributed by atoms with van der Waals surface area (Å²) in [5.41, 5.74) is 3.34. The fourth-order valence-corrected chi connectivity index (χ4v) is 3.43. The fourth-order valence-electron chi connectivity index (χ4n) is 2.34. The standard InChI is InChI=1S/C14H9N3S/c1-2-4-9(5-3-1)11-8-12-13(16-17-15-12)10-6-7-18-14(10)11/h1-6,8H,7H2. The second-order valence-electron chi connectivity index (χ2n) is 4.21. The zero-order chi connectivity index (χ0) is 11.9. The van der Waals surface area contributed by atoms with E-state index < -0.39 is 0 Å². The molecule has 18 heavy (non-hydrogen) atoms. The van der Waals surface area contributed by atoms with Crippen LogP contribution in [-0.4, -0.2) is 5.75 Å². The van der Waals surface area contributed by atoms with Gasteiger partial charge < -0.3 is 0 Å². The number of hydrogen-bond acceptors (Lipinski definition) is 4. The minimum absolute atomic E-state index is 0.881. The quantitative estimate of drug-likeness (QED) is 0.767. The molecule has 4 heteroatoms. The first kappa shape index (κ1) is 10.0. The Kier molecular flexibility index (Phi) is 2.11. The van der Waals surface area contributed by atoms with Crippen LogP contribution in [0.1, 0.15) is 0 Å². The summed E-state index contributed by atoms with van der Waals surface area (Å²) in [5.74, 6) is 1.00. The molecule has 0 atom stereocenters. The van der Waals surface area contributed by atoms with E-state index in [0.29, 0.717) is 0 Å². The summed E-state index contributed by atoms with van der Waals surface area (Å²) < 4.78 is 0. The van der Waals surface area contributed by atoms with E-state index in [-0.39, 0.29) is 0 Å². The highest BCUT2D eigenvalue weighted by atomic mass is 32.2. The van der Waals surface area contributed by atoms with Gasteiger partial charge >= 0.3 is 0 Å². The van der Waals surface area contributed by atoms with Crippen molar-refractivity contribution >= 4 is 23.5 Å². The highest BCUT2D eigenvalue weighted by Gasteiger charge is 2.17. The molecule has 2 aromatic rings. The Balaban J connectivity index is 2.09. The van der Waals surface area contributed by atoms with E-state index in [2.05, 4.69) is 51.8 Å². The molecule has 2 aliphatic heterocycles. The first-order valence-electron chi connectivity index (χ1n) is 5.77. The molecule has 0 bridgehead atoms. The van der Waals surface area contributed by atoms with Crippen molar-refractivity contribution in [2.75, 3.05) is 5.75 Å². The van der Waals surface area contributed by atoms with Gasteiger partial charge in [0.1, 0.15) is 11.0 Å². The van der Waals surface area contributed by atoms with Crippen molar-refractivity contribution in [3.05, 3.63) is 47.0 Å². The molecule has 2 aromatic carbocycles. The van der Waals surface area contributed by atoms with Crippen molar-refractivity contribution in [3.8, 4) is 11.1 Å². The second kappa shape index (κ2) is 3.78. The first-order chi connectivity index (χ1) is 8.93. The lowest BCUT2D eigenvalue weighted by Crippen LogP contribution is -2.24. The maximum Gasteiger partial charge on any atom is 0.123 e. The third-order valence-corrected chi connectivity index (χ3v) is 4.23. The smallest absolute Gasteiger partial charge is 0.123 e. The molecule has 4 rings (SSSR count). The number of rotatable bonds is 1. The van der Waals surface area contributed by atoms with Crippen molar-refractivity contribution in [1.82, 2.24) is 0 Å². The molecule has 0 aliphatic carbocycles. The van der Waals surface area contributed by atoms with Crippen LogP contribution in [0.5, 0.6) is 0 Å². The number of hydrogen-bond donors (Lipinski definition) is 0. The van der Waals surface area contributed by atoms with Gasteiger partial charge in [-0.1, -0.05) is 36.4 Å². The van der Waals surface area contributed by atoms with E-state index in [1.54, 1.807) is 0 Å². The molecule has 0 aromatic heterocycles. The molecule has 0 radical (unpaired) electrons. The molecule has 0 unspecified atom stereocenters. The molecular weight excluding hydrogens is 242 g/mol. The van der Waals surface area contributed by atoms with E-state index in [9.17, 15) is 0 Å². The molecule has 86 valence electrons. The maximum absolute atomic E-state index is 4.12. The summed E-state index contributed by atoms with van der Waals surface area (Å²) in [6, 6.07) is 12.5. The van der Waals surface area contributed by atoms with Crippen LogP contribution < -0.4 is 10.6 Å². The predicted octanol–water partition coefficient (Wildman–Crippen LogP) is 2.87. The normalized spacial score (nSPS) is 14.9. The van der Waals surface area contributed by atoms with Gasteiger partial charge in [-0.05, 0) is 22.4 Å². The second-order valence-corrected chi connectivity index (χ2v) is 5.24. The summed E-state index contributed by atoms with van der Waals surface area (Å²) in [6.07, 6.45) is 2.21. The summed E-state index contributed by atoms with van der Waals surface area (Å²) >= 11 is 1.86. The van der Waals surface area contributed by atoms with Crippen molar-refractivity contribution in [2.45, 2.75) is 4.90 Å². The van der Waals surface area contributed by atoms with Crippen LogP contribution in [0, 0.1) is 0 Å². The molecule has 3 nitrogen and oxygen atoms in total. The molecule has 0 fully saturated rings. The topological polar surface area (TPSA) is 37.1 Å². The number of fused-ring (bicyclic) bond motifs is 3. The lowest BCUT2D eigenvalue weighted by molar-refractivity contribution is 1.07. The van der Waals surface area contributed by atoms with Gasteiger partial charge in [0, 0.05) is 15.9 Å².